The van der Waals surface area contributed by atoms with Gasteiger partial charge in [-0.25, -0.2) is 4.79 Å². The minimum Gasteiger partial charge on any atom is -0.465 e. The summed E-state index contributed by atoms with van der Waals surface area (Å²) in [5.41, 5.74) is 1.96. The highest BCUT2D eigenvalue weighted by Gasteiger charge is 2.18. The number of carbonyl (C=O) groups is 1. The molecule has 12 heavy (non-hydrogen) atoms. The maximum atomic E-state index is 10.5. The zero-order valence-electron chi connectivity index (χ0n) is 7.08. The zero-order valence-corrected chi connectivity index (χ0v) is 7.08. The monoisotopic (exact) mass is 171 g/mol. The fourth-order valence-electron chi connectivity index (χ4n) is 1.34. The Bertz CT molecular complexity index is 222. The van der Waals surface area contributed by atoms with E-state index in [9.17, 15) is 4.79 Å². The quantitative estimate of drug-likeness (QED) is 0.570. The molecule has 0 aliphatic carbocycles. The Balaban J connectivity index is 2.65. The average Bonchev–Trinajstić information content (AvgIpc) is 2.04. The summed E-state index contributed by atoms with van der Waals surface area (Å²) >= 11 is 0. The Kier molecular flexibility index (Phi) is 2.70. The van der Waals surface area contributed by atoms with Gasteiger partial charge in [-0.1, -0.05) is 5.57 Å². The Labute approximate surface area is 71.1 Å². The summed E-state index contributed by atoms with van der Waals surface area (Å²) in [6.45, 7) is 2.85. The van der Waals surface area contributed by atoms with Crippen molar-refractivity contribution in [3.63, 3.8) is 0 Å². The number of rotatable bonds is 1. The predicted molar refractivity (Wildman–Crippen MR) is 44.0 cm³/mol. The van der Waals surface area contributed by atoms with Crippen LogP contribution >= 0.6 is 0 Å². The van der Waals surface area contributed by atoms with E-state index in [0.717, 1.165) is 11.1 Å². The molecule has 2 N–H and O–H groups in total. The minimum absolute atomic E-state index is 0.0549. The molecule has 0 aromatic rings. The number of carboxylic acid groups (broad SMARTS) is 1. The van der Waals surface area contributed by atoms with Crippen molar-refractivity contribution in [2.45, 2.75) is 13.3 Å². The molecular formula is C8H13NO3. The van der Waals surface area contributed by atoms with Crippen molar-refractivity contribution >= 4 is 6.09 Å². The number of aliphatic hydroxyl groups is 1. The van der Waals surface area contributed by atoms with E-state index < -0.39 is 6.09 Å². The van der Waals surface area contributed by atoms with E-state index in [1.165, 1.54) is 4.90 Å². The first-order chi connectivity index (χ1) is 5.65. The number of aliphatic hydroxyl groups excluding tert-OH is 1. The van der Waals surface area contributed by atoms with Crippen molar-refractivity contribution in [1.29, 1.82) is 0 Å². The molecule has 0 unspecified atom stereocenters. The summed E-state index contributed by atoms with van der Waals surface area (Å²) in [5.74, 6) is 0. The smallest absolute Gasteiger partial charge is 0.407 e. The summed E-state index contributed by atoms with van der Waals surface area (Å²) in [6.07, 6.45) is -0.222. The van der Waals surface area contributed by atoms with Gasteiger partial charge in [0.2, 0.25) is 0 Å². The number of nitrogens with zero attached hydrogens (tertiary/aromatic N) is 1. The Morgan fingerprint density at radius 1 is 1.67 bits per heavy atom. The lowest BCUT2D eigenvalue weighted by molar-refractivity contribution is 0.146. The molecule has 0 bridgehead atoms. The molecule has 68 valence electrons. The third kappa shape index (κ3) is 1.76. The van der Waals surface area contributed by atoms with Crippen molar-refractivity contribution in [3.05, 3.63) is 11.1 Å². The van der Waals surface area contributed by atoms with Crippen LogP contribution in [0, 0.1) is 0 Å². The second kappa shape index (κ2) is 3.58. The lowest BCUT2D eigenvalue weighted by atomic mass is 10.0. The van der Waals surface area contributed by atoms with Crippen molar-refractivity contribution in [2.24, 2.45) is 0 Å². The highest BCUT2D eigenvalue weighted by molar-refractivity contribution is 5.65. The first-order valence-electron chi connectivity index (χ1n) is 3.91. The minimum atomic E-state index is -0.883. The van der Waals surface area contributed by atoms with Crippen LogP contribution < -0.4 is 0 Å². The maximum absolute atomic E-state index is 10.5. The molecule has 0 fully saturated rings. The maximum Gasteiger partial charge on any atom is 0.407 e. The molecule has 1 heterocycles. The lowest BCUT2D eigenvalue weighted by Crippen LogP contribution is -2.35. The molecule has 4 nitrogen and oxygen atoms in total. The van der Waals surface area contributed by atoms with Crippen LogP contribution in [0.1, 0.15) is 13.3 Å². The van der Waals surface area contributed by atoms with Crippen LogP contribution in [-0.4, -0.2) is 40.9 Å². The van der Waals surface area contributed by atoms with E-state index >= 15 is 0 Å². The van der Waals surface area contributed by atoms with Crippen molar-refractivity contribution in [2.75, 3.05) is 19.7 Å². The van der Waals surface area contributed by atoms with Gasteiger partial charge >= 0.3 is 6.09 Å². The summed E-state index contributed by atoms with van der Waals surface area (Å²) in [7, 11) is 0. The predicted octanol–water partition coefficient (Wildman–Crippen LogP) is 0.679. The normalized spacial score (nSPS) is 18.3. The molecule has 0 aromatic carbocycles. The zero-order chi connectivity index (χ0) is 9.14. The van der Waals surface area contributed by atoms with Gasteiger partial charge in [-0.3, -0.25) is 0 Å². The first kappa shape index (κ1) is 9.06. The summed E-state index contributed by atoms with van der Waals surface area (Å²) in [5, 5.41) is 17.5. The Morgan fingerprint density at radius 2 is 2.33 bits per heavy atom. The average molecular weight is 171 g/mol. The third-order valence-electron chi connectivity index (χ3n) is 2.18. The molecular weight excluding hydrogens is 158 g/mol. The first-order valence-corrected chi connectivity index (χ1v) is 3.91. The van der Waals surface area contributed by atoms with Crippen molar-refractivity contribution in [3.8, 4) is 0 Å². The largest absolute Gasteiger partial charge is 0.465 e. The fraction of sp³-hybridized carbons (Fsp3) is 0.625. The number of hydrogen-bond acceptors (Lipinski definition) is 2. The van der Waals surface area contributed by atoms with Crippen LogP contribution in [0.3, 0.4) is 0 Å². The van der Waals surface area contributed by atoms with Crippen LogP contribution in [0.4, 0.5) is 4.79 Å². The molecule has 1 amide bonds. The van der Waals surface area contributed by atoms with Crippen LogP contribution in [0.15, 0.2) is 11.1 Å². The second-order valence-electron chi connectivity index (χ2n) is 3.00. The summed E-state index contributed by atoms with van der Waals surface area (Å²) < 4.78 is 0. The molecule has 0 saturated carbocycles. The van der Waals surface area contributed by atoms with Crippen LogP contribution in [0.2, 0.25) is 0 Å². The molecule has 4 heteroatoms. The van der Waals surface area contributed by atoms with Gasteiger partial charge in [0.05, 0.1) is 6.61 Å². The van der Waals surface area contributed by atoms with Gasteiger partial charge in [0.25, 0.3) is 0 Å². The third-order valence-corrected chi connectivity index (χ3v) is 2.18. The van der Waals surface area contributed by atoms with E-state index in [-0.39, 0.29) is 6.61 Å². The Hall–Kier alpha value is -1.03. The number of amides is 1. The van der Waals surface area contributed by atoms with Gasteiger partial charge in [0.15, 0.2) is 0 Å². The molecule has 1 rings (SSSR count). The number of hydrogen-bond donors (Lipinski definition) is 2. The second-order valence-corrected chi connectivity index (χ2v) is 3.00. The highest BCUT2D eigenvalue weighted by Crippen LogP contribution is 2.16. The summed E-state index contributed by atoms with van der Waals surface area (Å²) in [4.78, 5) is 11.9. The van der Waals surface area contributed by atoms with Gasteiger partial charge < -0.3 is 15.1 Å². The lowest BCUT2D eigenvalue weighted by Gasteiger charge is -2.26. The van der Waals surface area contributed by atoms with Crippen LogP contribution in [0.25, 0.3) is 0 Å². The highest BCUT2D eigenvalue weighted by atomic mass is 16.4. The van der Waals surface area contributed by atoms with Crippen LogP contribution in [-0.2, 0) is 0 Å². The Morgan fingerprint density at radius 3 is 2.75 bits per heavy atom. The fourth-order valence-corrected chi connectivity index (χ4v) is 1.34. The van der Waals surface area contributed by atoms with E-state index in [2.05, 4.69) is 0 Å². The van der Waals surface area contributed by atoms with E-state index in [1.54, 1.807) is 0 Å². The molecule has 1 aliphatic rings. The standard InChI is InChI=1S/C8H13NO3/c1-6-4-9(8(11)12)3-2-7(6)5-10/h10H,2-5H2,1H3,(H,11,12). The van der Waals surface area contributed by atoms with Crippen LogP contribution in [0.5, 0.6) is 0 Å². The molecule has 1 aliphatic heterocycles. The summed E-state index contributed by atoms with van der Waals surface area (Å²) in [6, 6.07) is 0. The van der Waals surface area contributed by atoms with Gasteiger partial charge in [-0.2, -0.15) is 0 Å². The topological polar surface area (TPSA) is 60.8 Å². The molecule has 0 saturated heterocycles. The van der Waals surface area contributed by atoms with E-state index in [0.29, 0.717) is 19.5 Å². The molecule has 0 radical (unpaired) electrons. The molecule has 0 atom stereocenters. The van der Waals surface area contributed by atoms with Gasteiger partial charge in [0.1, 0.15) is 0 Å². The SMILES string of the molecule is CC1=C(CO)CCN(C(=O)O)C1. The van der Waals surface area contributed by atoms with Gasteiger partial charge in [-0.05, 0) is 18.9 Å². The molecule has 0 spiro atoms. The van der Waals surface area contributed by atoms with E-state index in [1.807, 2.05) is 6.92 Å². The molecule has 0 aromatic heterocycles. The van der Waals surface area contributed by atoms with Gasteiger partial charge in [-0.15, -0.1) is 0 Å². The van der Waals surface area contributed by atoms with Crippen molar-refractivity contribution in [1.82, 2.24) is 4.90 Å². The van der Waals surface area contributed by atoms with Crippen molar-refractivity contribution < 1.29 is 15.0 Å². The van der Waals surface area contributed by atoms with Gasteiger partial charge in [0, 0.05) is 13.1 Å². The van der Waals surface area contributed by atoms with E-state index in [4.69, 9.17) is 10.2 Å².